The molecule has 0 aromatic rings. The molecule has 0 N–H and O–H groups in total. The molecule has 0 aliphatic carbocycles. The highest BCUT2D eigenvalue weighted by Gasteiger charge is 2.25. The van der Waals surface area contributed by atoms with Gasteiger partial charge in [-0.3, -0.25) is 13.6 Å². The van der Waals surface area contributed by atoms with Crippen molar-refractivity contribution in [2.75, 3.05) is 36.4 Å². The van der Waals surface area contributed by atoms with E-state index in [1.54, 1.807) is 0 Å². The van der Waals surface area contributed by atoms with Crippen molar-refractivity contribution in [1.29, 1.82) is 0 Å². The highest BCUT2D eigenvalue weighted by molar-refractivity contribution is 9.09. The second-order valence-corrected chi connectivity index (χ2v) is 6.71. The Morgan fingerprint density at radius 1 is 0.882 bits per heavy atom. The van der Waals surface area contributed by atoms with Gasteiger partial charge in [-0.2, -0.15) is 0 Å². The number of phosphoric ester groups is 1. The molecular weight excluding hydrogens is 398 g/mol. The lowest BCUT2D eigenvalue weighted by Gasteiger charge is -2.17. The molecule has 0 fully saturated rings. The topological polar surface area (TPSA) is 44.8 Å². The number of alkyl halides is 3. The Balaban J connectivity index is 4.00. The van der Waals surface area contributed by atoms with E-state index in [-0.39, 0.29) is 6.61 Å². The van der Waals surface area contributed by atoms with Crippen LogP contribution < -0.4 is 0 Å². The summed E-state index contributed by atoms with van der Waals surface area (Å²) in [6, 6.07) is 0. The van der Waals surface area contributed by atoms with E-state index in [1.807, 2.05) is 0 Å². The quantitative estimate of drug-likeness (QED) is 0.270. The highest BCUT2D eigenvalue weighted by Crippen LogP contribution is 2.49. The van der Waals surface area contributed by atoms with E-state index in [1.165, 1.54) is 0 Å². The Bertz CT molecular complexity index is 188. The zero-order chi connectivity index (χ0) is 13.0. The molecule has 0 spiro atoms. The average molecular weight is 416 g/mol. The van der Waals surface area contributed by atoms with Crippen molar-refractivity contribution < 1.29 is 18.1 Å². The Labute approximate surface area is 125 Å². The molecule has 0 aliphatic heterocycles. The van der Waals surface area contributed by atoms with Crippen LogP contribution in [0.2, 0.25) is 0 Å². The molecule has 0 amide bonds. The minimum Gasteiger partial charge on any atom is -0.287 e. The fourth-order valence-electron chi connectivity index (χ4n) is 0.805. The Hall–Kier alpha value is 1.36. The molecule has 0 radical (unpaired) electrons. The number of hydrogen-bond donors (Lipinski definition) is 0. The van der Waals surface area contributed by atoms with Crippen LogP contribution in [0.4, 0.5) is 0 Å². The molecule has 0 saturated heterocycles. The molecule has 0 unspecified atom stereocenters. The molecule has 104 valence electrons. The van der Waals surface area contributed by atoms with Crippen LogP contribution in [0.5, 0.6) is 0 Å². The third-order valence-electron chi connectivity index (χ3n) is 1.58. The average Bonchev–Trinajstić information content (AvgIpc) is 2.30. The summed E-state index contributed by atoms with van der Waals surface area (Å²) in [5.74, 6) is 0.461. The van der Waals surface area contributed by atoms with Crippen LogP contribution in [0, 0.1) is 0 Å². The largest absolute Gasteiger partial charge is 0.474 e. The van der Waals surface area contributed by atoms with E-state index >= 15 is 0 Å². The monoisotopic (exact) mass is 414 g/mol. The number of rotatable bonds is 12. The third kappa shape index (κ3) is 10.9. The number of hydrogen-bond acceptors (Lipinski definition) is 4. The predicted octanol–water partition coefficient (Wildman–Crippen LogP) is 4.34. The molecule has 0 atom stereocenters. The first kappa shape index (κ1) is 18.4. The summed E-state index contributed by atoms with van der Waals surface area (Å²) >= 11 is 12.1. The van der Waals surface area contributed by atoms with Gasteiger partial charge in [0.05, 0.1) is 19.8 Å². The van der Waals surface area contributed by atoms with Gasteiger partial charge in [-0.25, -0.2) is 4.57 Å². The summed E-state index contributed by atoms with van der Waals surface area (Å²) in [5, 5.41) is 1.58. The van der Waals surface area contributed by atoms with E-state index in [2.05, 4.69) is 31.9 Å². The van der Waals surface area contributed by atoms with Gasteiger partial charge in [0.25, 0.3) is 0 Å². The molecule has 8 heteroatoms. The van der Waals surface area contributed by atoms with Gasteiger partial charge in [-0.15, -0.1) is 11.6 Å². The smallest absolute Gasteiger partial charge is 0.287 e. The number of halogens is 3. The van der Waals surface area contributed by atoms with Crippen molar-refractivity contribution in [1.82, 2.24) is 0 Å². The first-order chi connectivity index (χ1) is 8.18. The van der Waals surface area contributed by atoms with E-state index in [9.17, 15) is 4.57 Å². The normalized spacial score (nSPS) is 11.9. The van der Waals surface area contributed by atoms with E-state index < -0.39 is 7.82 Å². The van der Waals surface area contributed by atoms with Crippen LogP contribution >= 0.6 is 51.3 Å². The maximum Gasteiger partial charge on any atom is 0.474 e. The van der Waals surface area contributed by atoms with Crippen molar-refractivity contribution in [3.63, 3.8) is 0 Å². The minimum absolute atomic E-state index is 0.281. The number of phosphoric acid groups is 1. The van der Waals surface area contributed by atoms with Crippen molar-refractivity contribution in [3.05, 3.63) is 0 Å². The standard InChI is InChI=1S/C9H18Br2ClO4P/c10-4-1-7-14-17(13,15-8-2-5-11)16-9-3-6-12/h1-9H2. The third-order valence-corrected chi connectivity index (χ3v) is 4.47. The summed E-state index contributed by atoms with van der Waals surface area (Å²) < 4.78 is 27.6. The van der Waals surface area contributed by atoms with E-state index in [4.69, 9.17) is 25.2 Å². The second kappa shape index (κ2) is 12.4. The summed E-state index contributed by atoms with van der Waals surface area (Å²) in [5.41, 5.74) is 0. The van der Waals surface area contributed by atoms with Crippen LogP contribution in [0.25, 0.3) is 0 Å². The van der Waals surface area contributed by atoms with Crippen molar-refractivity contribution in [2.24, 2.45) is 0 Å². The Kier molecular flexibility index (Phi) is 13.4. The van der Waals surface area contributed by atoms with E-state index in [0.29, 0.717) is 25.5 Å². The summed E-state index contributed by atoms with van der Waals surface area (Å²) in [7, 11) is -3.41. The fraction of sp³-hybridized carbons (Fsp3) is 1.00. The molecule has 17 heavy (non-hydrogen) atoms. The van der Waals surface area contributed by atoms with Gasteiger partial charge in [-0.05, 0) is 19.3 Å². The SMILES string of the molecule is O=P(OCCCCl)(OCCCBr)OCCCBr. The van der Waals surface area contributed by atoms with Crippen molar-refractivity contribution >= 4 is 51.3 Å². The van der Waals surface area contributed by atoms with Gasteiger partial charge in [-0.1, -0.05) is 31.9 Å². The van der Waals surface area contributed by atoms with E-state index in [0.717, 1.165) is 23.5 Å². The molecule has 0 rings (SSSR count). The molecule has 0 aromatic carbocycles. The maximum atomic E-state index is 12.1. The van der Waals surface area contributed by atoms with Crippen molar-refractivity contribution in [2.45, 2.75) is 19.3 Å². The lowest BCUT2D eigenvalue weighted by atomic mass is 10.5. The lowest BCUT2D eigenvalue weighted by Crippen LogP contribution is -2.04. The summed E-state index contributed by atoms with van der Waals surface area (Å²) in [4.78, 5) is 0. The van der Waals surface area contributed by atoms with Crippen molar-refractivity contribution in [3.8, 4) is 0 Å². The first-order valence-electron chi connectivity index (χ1n) is 5.40. The highest BCUT2D eigenvalue weighted by atomic mass is 79.9. The molecule has 0 saturated carbocycles. The molecule has 0 aromatic heterocycles. The van der Waals surface area contributed by atoms with Crippen LogP contribution in [-0.4, -0.2) is 36.4 Å². The van der Waals surface area contributed by atoms with Gasteiger partial charge in [0.1, 0.15) is 0 Å². The molecule has 4 nitrogen and oxygen atoms in total. The molecular formula is C9H18Br2ClO4P. The molecule has 0 heterocycles. The molecule has 0 aliphatic rings. The van der Waals surface area contributed by atoms with Crippen LogP contribution in [-0.2, 0) is 18.1 Å². The summed E-state index contributed by atoms with van der Waals surface area (Å²) in [6.07, 6.45) is 2.13. The fourth-order valence-corrected chi connectivity index (χ4v) is 2.65. The molecule has 0 bridgehead atoms. The second-order valence-electron chi connectivity index (χ2n) is 3.07. The lowest BCUT2D eigenvalue weighted by molar-refractivity contribution is 0.114. The van der Waals surface area contributed by atoms with Gasteiger partial charge in [0, 0.05) is 16.5 Å². The Morgan fingerprint density at radius 2 is 1.29 bits per heavy atom. The van der Waals surface area contributed by atoms with Crippen LogP contribution in [0.15, 0.2) is 0 Å². The predicted molar refractivity (Wildman–Crippen MR) is 77.6 cm³/mol. The minimum atomic E-state index is -3.41. The van der Waals surface area contributed by atoms with Gasteiger partial charge in [0.15, 0.2) is 0 Å². The van der Waals surface area contributed by atoms with Gasteiger partial charge in [0.2, 0.25) is 0 Å². The van der Waals surface area contributed by atoms with Gasteiger partial charge >= 0.3 is 7.82 Å². The van der Waals surface area contributed by atoms with Crippen LogP contribution in [0.1, 0.15) is 19.3 Å². The maximum absolute atomic E-state index is 12.1. The zero-order valence-electron chi connectivity index (χ0n) is 9.58. The zero-order valence-corrected chi connectivity index (χ0v) is 14.4. The van der Waals surface area contributed by atoms with Crippen LogP contribution in [0.3, 0.4) is 0 Å². The Morgan fingerprint density at radius 3 is 1.65 bits per heavy atom. The van der Waals surface area contributed by atoms with Gasteiger partial charge < -0.3 is 0 Å². The first-order valence-corrected chi connectivity index (χ1v) is 9.64. The summed E-state index contributed by atoms with van der Waals surface area (Å²) in [6.45, 7) is 0.971.